The van der Waals surface area contributed by atoms with Crippen molar-refractivity contribution in [1.29, 1.82) is 0 Å². The van der Waals surface area contributed by atoms with Crippen LogP contribution in [0.1, 0.15) is 11.1 Å². The van der Waals surface area contributed by atoms with Gasteiger partial charge in [0.15, 0.2) is 0 Å². The number of aryl methyl sites for hydroxylation is 1. The molecule has 2 aromatic rings. The van der Waals surface area contributed by atoms with Gasteiger partial charge in [0.1, 0.15) is 5.82 Å². The predicted octanol–water partition coefficient (Wildman–Crippen LogP) is 1.81. The average molecular weight is 206 g/mol. The normalized spacial score (nSPS) is 10.6. The van der Waals surface area contributed by atoms with Gasteiger partial charge in [-0.2, -0.15) is 5.10 Å². The van der Waals surface area contributed by atoms with Crippen molar-refractivity contribution in [2.45, 2.75) is 13.5 Å². The van der Waals surface area contributed by atoms with E-state index in [0.29, 0.717) is 11.3 Å². The zero-order valence-corrected chi connectivity index (χ0v) is 8.31. The molecule has 1 aromatic heterocycles. The number of aliphatic hydroxyl groups is 1. The van der Waals surface area contributed by atoms with Gasteiger partial charge in [0.25, 0.3) is 0 Å². The summed E-state index contributed by atoms with van der Waals surface area (Å²) in [6, 6.07) is 4.39. The minimum Gasteiger partial charge on any atom is -0.392 e. The lowest BCUT2D eigenvalue weighted by molar-refractivity contribution is 0.281. The van der Waals surface area contributed by atoms with Gasteiger partial charge in [-0.3, -0.25) is 0 Å². The molecule has 1 N–H and O–H groups in total. The third kappa shape index (κ3) is 2.05. The Labute approximate surface area is 86.8 Å². The second-order valence-electron chi connectivity index (χ2n) is 3.44. The Kier molecular flexibility index (Phi) is 2.51. The Bertz CT molecular complexity index is 479. The molecule has 15 heavy (non-hydrogen) atoms. The summed E-state index contributed by atoms with van der Waals surface area (Å²) in [7, 11) is 0. The number of benzene rings is 1. The molecule has 3 nitrogen and oxygen atoms in total. The smallest absolute Gasteiger partial charge is 0.125 e. The van der Waals surface area contributed by atoms with E-state index in [9.17, 15) is 4.39 Å². The minimum absolute atomic E-state index is 0.176. The Hall–Kier alpha value is -1.68. The largest absolute Gasteiger partial charge is 0.392 e. The molecule has 4 heteroatoms. The van der Waals surface area contributed by atoms with Gasteiger partial charge in [0, 0.05) is 6.20 Å². The molecule has 2 rings (SSSR count). The van der Waals surface area contributed by atoms with Gasteiger partial charge >= 0.3 is 0 Å². The van der Waals surface area contributed by atoms with Crippen LogP contribution in [0, 0.1) is 12.7 Å². The number of nitrogens with zero attached hydrogens (tertiary/aromatic N) is 2. The van der Waals surface area contributed by atoms with E-state index in [1.165, 1.54) is 12.1 Å². The van der Waals surface area contributed by atoms with Crippen LogP contribution < -0.4 is 0 Å². The fourth-order valence-corrected chi connectivity index (χ4v) is 1.41. The molecule has 0 radical (unpaired) electrons. The third-order valence-corrected chi connectivity index (χ3v) is 2.10. The van der Waals surface area contributed by atoms with E-state index in [-0.39, 0.29) is 12.4 Å². The second kappa shape index (κ2) is 3.82. The Morgan fingerprint density at radius 1 is 1.40 bits per heavy atom. The van der Waals surface area contributed by atoms with Gasteiger partial charge in [0.05, 0.1) is 18.5 Å². The molecule has 0 amide bonds. The van der Waals surface area contributed by atoms with Crippen molar-refractivity contribution in [3.63, 3.8) is 0 Å². The van der Waals surface area contributed by atoms with Crippen LogP contribution >= 0.6 is 0 Å². The lowest BCUT2D eigenvalue weighted by atomic mass is 10.2. The molecular formula is C11H11FN2O. The lowest BCUT2D eigenvalue weighted by Gasteiger charge is -2.04. The van der Waals surface area contributed by atoms with Crippen molar-refractivity contribution in [2.24, 2.45) is 0 Å². The van der Waals surface area contributed by atoms with Gasteiger partial charge in [-0.15, -0.1) is 0 Å². The number of aliphatic hydroxyl groups excluding tert-OH is 1. The topological polar surface area (TPSA) is 38.0 Å². The standard InChI is InChI=1S/C11H11FN2O/c1-8-5-13-14(6-8)11-3-9(7-15)2-10(12)4-11/h2-6,15H,7H2,1H3. The van der Waals surface area contributed by atoms with Gasteiger partial charge in [-0.25, -0.2) is 9.07 Å². The summed E-state index contributed by atoms with van der Waals surface area (Å²) in [5.41, 5.74) is 2.16. The molecule has 0 unspecified atom stereocenters. The molecule has 0 saturated carbocycles. The number of hydrogen-bond acceptors (Lipinski definition) is 2. The average Bonchev–Trinajstić information content (AvgIpc) is 2.64. The van der Waals surface area contributed by atoms with Gasteiger partial charge in [0.2, 0.25) is 0 Å². The summed E-state index contributed by atoms with van der Waals surface area (Å²) in [5.74, 6) is -0.371. The molecule has 0 saturated heterocycles. The molecule has 0 bridgehead atoms. The first-order valence-electron chi connectivity index (χ1n) is 4.61. The first kappa shape index (κ1) is 9.86. The van der Waals surface area contributed by atoms with Gasteiger partial charge in [-0.1, -0.05) is 0 Å². The summed E-state index contributed by atoms with van der Waals surface area (Å²) in [6.45, 7) is 1.74. The van der Waals surface area contributed by atoms with Crippen LogP contribution in [0.3, 0.4) is 0 Å². The van der Waals surface area contributed by atoms with Gasteiger partial charge < -0.3 is 5.11 Å². The van der Waals surface area contributed by atoms with Crippen LogP contribution in [0.5, 0.6) is 0 Å². The van der Waals surface area contributed by atoms with Crippen LogP contribution in [0.4, 0.5) is 4.39 Å². The van der Waals surface area contributed by atoms with E-state index in [1.807, 2.05) is 6.92 Å². The van der Waals surface area contributed by atoms with Crippen molar-refractivity contribution in [2.75, 3.05) is 0 Å². The first-order valence-corrected chi connectivity index (χ1v) is 4.61. The SMILES string of the molecule is Cc1cnn(-c2cc(F)cc(CO)c2)c1. The van der Waals surface area contributed by atoms with E-state index < -0.39 is 0 Å². The maximum atomic E-state index is 13.2. The van der Waals surface area contributed by atoms with Crippen molar-refractivity contribution in [3.05, 3.63) is 47.5 Å². The van der Waals surface area contributed by atoms with E-state index in [1.54, 1.807) is 23.1 Å². The number of hydrogen-bond donors (Lipinski definition) is 1. The number of rotatable bonds is 2. The van der Waals surface area contributed by atoms with Crippen molar-refractivity contribution >= 4 is 0 Å². The Morgan fingerprint density at radius 2 is 2.20 bits per heavy atom. The second-order valence-corrected chi connectivity index (χ2v) is 3.44. The fourth-order valence-electron chi connectivity index (χ4n) is 1.41. The Balaban J connectivity index is 2.48. The highest BCUT2D eigenvalue weighted by atomic mass is 19.1. The molecule has 0 fully saturated rings. The molecular weight excluding hydrogens is 195 g/mol. The van der Waals surface area contributed by atoms with Crippen LogP contribution in [0.25, 0.3) is 5.69 Å². The van der Waals surface area contributed by atoms with Crippen molar-refractivity contribution in [3.8, 4) is 5.69 Å². The van der Waals surface area contributed by atoms with E-state index in [2.05, 4.69) is 5.10 Å². The summed E-state index contributed by atoms with van der Waals surface area (Å²) < 4.78 is 14.7. The maximum Gasteiger partial charge on any atom is 0.125 e. The summed E-state index contributed by atoms with van der Waals surface area (Å²) in [5, 5.41) is 13.0. The van der Waals surface area contributed by atoms with Crippen molar-refractivity contribution < 1.29 is 9.50 Å². The minimum atomic E-state index is -0.371. The summed E-state index contributed by atoms with van der Waals surface area (Å²) in [6.07, 6.45) is 3.50. The van der Waals surface area contributed by atoms with Crippen molar-refractivity contribution in [1.82, 2.24) is 9.78 Å². The predicted molar refractivity (Wildman–Crippen MR) is 54.2 cm³/mol. The Morgan fingerprint density at radius 3 is 2.80 bits per heavy atom. The highest BCUT2D eigenvalue weighted by Gasteiger charge is 2.03. The molecule has 78 valence electrons. The fraction of sp³-hybridized carbons (Fsp3) is 0.182. The van der Waals surface area contributed by atoms with E-state index in [0.717, 1.165) is 5.56 Å². The quantitative estimate of drug-likeness (QED) is 0.813. The molecule has 0 aliphatic carbocycles. The van der Waals surface area contributed by atoms with Crippen LogP contribution in [0.15, 0.2) is 30.6 Å². The highest BCUT2D eigenvalue weighted by Crippen LogP contribution is 2.13. The highest BCUT2D eigenvalue weighted by molar-refractivity contribution is 5.36. The van der Waals surface area contributed by atoms with E-state index >= 15 is 0 Å². The van der Waals surface area contributed by atoms with Crippen LogP contribution in [-0.2, 0) is 6.61 Å². The van der Waals surface area contributed by atoms with Crippen LogP contribution in [0.2, 0.25) is 0 Å². The molecule has 0 aliphatic rings. The zero-order chi connectivity index (χ0) is 10.8. The molecule has 1 heterocycles. The van der Waals surface area contributed by atoms with Gasteiger partial charge in [-0.05, 0) is 36.2 Å². The number of aromatic nitrogens is 2. The maximum absolute atomic E-state index is 13.2. The summed E-state index contributed by atoms with van der Waals surface area (Å²) >= 11 is 0. The monoisotopic (exact) mass is 206 g/mol. The molecule has 0 atom stereocenters. The zero-order valence-electron chi connectivity index (χ0n) is 8.31. The lowest BCUT2D eigenvalue weighted by Crippen LogP contribution is -1.97. The molecule has 0 aliphatic heterocycles. The molecule has 1 aromatic carbocycles. The van der Waals surface area contributed by atoms with Crippen LogP contribution in [-0.4, -0.2) is 14.9 Å². The first-order chi connectivity index (χ1) is 7.19. The summed E-state index contributed by atoms with van der Waals surface area (Å²) in [4.78, 5) is 0. The van der Waals surface area contributed by atoms with E-state index in [4.69, 9.17) is 5.11 Å². The number of halogens is 1. The third-order valence-electron chi connectivity index (χ3n) is 2.10. The molecule has 0 spiro atoms.